The maximum Gasteiger partial charge on any atom is 0.191 e. The summed E-state index contributed by atoms with van der Waals surface area (Å²) in [5.74, 6) is 6.07. The third-order valence-electron chi connectivity index (χ3n) is 3.44. The molecule has 1 aliphatic rings. The lowest BCUT2D eigenvalue weighted by Gasteiger charge is -2.30. The molecule has 0 saturated heterocycles. The fourth-order valence-electron chi connectivity index (χ4n) is 2.34. The van der Waals surface area contributed by atoms with Crippen LogP contribution in [-0.2, 0) is 12.8 Å². The van der Waals surface area contributed by atoms with Crippen LogP contribution in [0, 0.1) is 17.3 Å². The molecule has 96 valence electrons. The predicted octanol–water partition coefficient (Wildman–Crippen LogP) is 2.85. The summed E-state index contributed by atoms with van der Waals surface area (Å²) in [5.41, 5.74) is 5.45. The minimum absolute atomic E-state index is 0.352. The van der Waals surface area contributed by atoms with Gasteiger partial charge in [-0.1, -0.05) is 31.3 Å². The number of aryl methyl sites for hydroxylation is 1. The van der Waals surface area contributed by atoms with E-state index in [1.54, 1.807) is 5.51 Å². The molecule has 0 fully saturated rings. The molecule has 0 aromatic carbocycles. The molecular weight excluding hydrogens is 254 g/mol. The molecule has 0 spiro atoms. The van der Waals surface area contributed by atoms with Gasteiger partial charge < -0.3 is 0 Å². The van der Waals surface area contributed by atoms with Gasteiger partial charge >= 0.3 is 0 Å². The molecule has 3 rings (SSSR count). The lowest BCUT2D eigenvalue weighted by atomic mass is 9.76. The van der Waals surface area contributed by atoms with Crippen molar-refractivity contribution >= 4 is 11.3 Å². The molecule has 4 heteroatoms. The Balaban J connectivity index is 1.89. The van der Waals surface area contributed by atoms with E-state index in [9.17, 15) is 0 Å². The number of fused-ring (bicyclic) bond motifs is 1. The Bertz CT molecular complexity index is 648. The minimum atomic E-state index is 0.352. The summed E-state index contributed by atoms with van der Waals surface area (Å²) in [5, 5.41) is 8.41. The van der Waals surface area contributed by atoms with E-state index in [-0.39, 0.29) is 0 Å². The third kappa shape index (κ3) is 2.82. The summed E-state index contributed by atoms with van der Waals surface area (Å²) in [6.07, 6.45) is 3.40. The van der Waals surface area contributed by atoms with Gasteiger partial charge in [-0.3, -0.25) is 0 Å². The van der Waals surface area contributed by atoms with Crippen molar-refractivity contribution in [1.82, 2.24) is 15.2 Å². The Hall–Kier alpha value is -1.73. The standard InChI is InChI=1S/C15H15N3S/c1-15(2)8-7-11-3-4-12(17-13(11)9-15)5-6-14-18-16-10-19-14/h3-4,10H,7-9H2,1-2H3. The third-order valence-corrected chi connectivity index (χ3v) is 4.05. The van der Waals surface area contributed by atoms with Crippen LogP contribution in [0.4, 0.5) is 0 Å². The molecule has 0 unspecified atom stereocenters. The number of hydrogen-bond donors (Lipinski definition) is 0. The zero-order valence-corrected chi connectivity index (χ0v) is 11.9. The number of hydrogen-bond acceptors (Lipinski definition) is 4. The van der Waals surface area contributed by atoms with Gasteiger partial charge in [-0.25, -0.2) is 4.98 Å². The molecule has 2 aromatic heterocycles. The molecular formula is C15H15N3S. The van der Waals surface area contributed by atoms with Gasteiger partial charge in [-0.15, -0.1) is 10.2 Å². The molecule has 1 aliphatic carbocycles. The van der Waals surface area contributed by atoms with Crippen LogP contribution in [-0.4, -0.2) is 15.2 Å². The summed E-state index contributed by atoms with van der Waals surface area (Å²) in [4.78, 5) is 4.69. The second-order valence-electron chi connectivity index (χ2n) is 5.64. The summed E-state index contributed by atoms with van der Waals surface area (Å²) < 4.78 is 0. The highest BCUT2D eigenvalue weighted by Gasteiger charge is 2.25. The normalized spacial score (nSPS) is 16.3. The first-order valence-corrected chi connectivity index (χ1v) is 7.27. The largest absolute Gasteiger partial charge is 0.244 e. The maximum absolute atomic E-state index is 4.69. The molecule has 0 bridgehead atoms. The van der Waals surface area contributed by atoms with E-state index in [1.165, 1.54) is 29.0 Å². The van der Waals surface area contributed by atoms with Gasteiger partial charge in [0, 0.05) is 5.69 Å². The van der Waals surface area contributed by atoms with Crippen LogP contribution in [0.2, 0.25) is 0 Å². The van der Waals surface area contributed by atoms with Crippen molar-refractivity contribution in [1.29, 1.82) is 0 Å². The second kappa shape index (κ2) is 4.75. The van der Waals surface area contributed by atoms with Crippen LogP contribution < -0.4 is 0 Å². The van der Waals surface area contributed by atoms with Crippen molar-refractivity contribution in [3.8, 4) is 11.8 Å². The highest BCUT2D eigenvalue weighted by atomic mass is 32.1. The SMILES string of the molecule is CC1(C)CCc2ccc(C#Cc3nncs3)nc2C1. The Morgan fingerprint density at radius 1 is 1.26 bits per heavy atom. The highest BCUT2D eigenvalue weighted by Crippen LogP contribution is 2.33. The monoisotopic (exact) mass is 269 g/mol. The Labute approximate surface area is 117 Å². The molecule has 0 saturated carbocycles. The van der Waals surface area contributed by atoms with Gasteiger partial charge in [0.1, 0.15) is 11.2 Å². The first kappa shape index (κ1) is 12.3. The van der Waals surface area contributed by atoms with Crippen molar-refractivity contribution in [3.05, 3.63) is 39.6 Å². The maximum atomic E-state index is 4.69. The van der Waals surface area contributed by atoms with Crippen molar-refractivity contribution in [3.63, 3.8) is 0 Å². The molecule has 0 amide bonds. The van der Waals surface area contributed by atoms with Gasteiger partial charge in [0.2, 0.25) is 0 Å². The van der Waals surface area contributed by atoms with E-state index >= 15 is 0 Å². The zero-order chi connectivity index (χ0) is 13.3. The number of pyridine rings is 1. The van der Waals surface area contributed by atoms with Crippen LogP contribution in [0.25, 0.3) is 0 Å². The Morgan fingerprint density at radius 3 is 2.95 bits per heavy atom. The van der Waals surface area contributed by atoms with Gasteiger partial charge in [0.15, 0.2) is 5.01 Å². The molecule has 0 aliphatic heterocycles. The molecule has 2 aromatic rings. The van der Waals surface area contributed by atoms with Gasteiger partial charge in [-0.05, 0) is 48.1 Å². The number of rotatable bonds is 0. The summed E-state index contributed by atoms with van der Waals surface area (Å²) >= 11 is 1.45. The van der Waals surface area contributed by atoms with Crippen LogP contribution >= 0.6 is 11.3 Å². The van der Waals surface area contributed by atoms with Gasteiger partial charge in [0.05, 0.1) is 0 Å². The fourth-order valence-corrected chi connectivity index (χ4v) is 2.74. The Kier molecular flexibility index (Phi) is 3.08. The van der Waals surface area contributed by atoms with E-state index in [0.717, 1.165) is 23.5 Å². The smallest absolute Gasteiger partial charge is 0.191 e. The van der Waals surface area contributed by atoms with E-state index in [1.807, 2.05) is 6.07 Å². The summed E-state index contributed by atoms with van der Waals surface area (Å²) in [6.45, 7) is 4.61. The first-order valence-electron chi connectivity index (χ1n) is 6.39. The quantitative estimate of drug-likeness (QED) is 0.690. The zero-order valence-electron chi connectivity index (χ0n) is 11.1. The van der Waals surface area contributed by atoms with Crippen molar-refractivity contribution in [2.75, 3.05) is 0 Å². The average Bonchev–Trinajstić information content (AvgIpc) is 2.88. The minimum Gasteiger partial charge on any atom is -0.244 e. The molecule has 19 heavy (non-hydrogen) atoms. The number of aromatic nitrogens is 3. The summed E-state index contributed by atoms with van der Waals surface area (Å²) in [7, 11) is 0. The predicted molar refractivity (Wildman–Crippen MR) is 75.9 cm³/mol. The lowest BCUT2D eigenvalue weighted by Crippen LogP contribution is -2.23. The summed E-state index contributed by atoms with van der Waals surface area (Å²) in [6, 6.07) is 4.17. The van der Waals surface area contributed by atoms with E-state index in [2.05, 4.69) is 42.0 Å². The number of nitrogens with zero attached hydrogens (tertiary/aromatic N) is 3. The van der Waals surface area contributed by atoms with Crippen LogP contribution in [0.1, 0.15) is 42.2 Å². The van der Waals surface area contributed by atoms with Crippen molar-refractivity contribution in [2.45, 2.75) is 33.1 Å². The average molecular weight is 269 g/mol. The second-order valence-corrected chi connectivity index (χ2v) is 6.47. The van der Waals surface area contributed by atoms with Crippen LogP contribution in [0.5, 0.6) is 0 Å². The molecule has 0 radical (unpaired) electrons. The highest BCUT2D eigenvalue weighted by molar-refractivity contribution is 7.09. The van der Waals surface area contributed by atoms with E-state index in [0.29, 0.717) is 5.41 Å². The van der Waals surface area contributed by atoms with Gasteiger partial charge in [0.25, 0.3) is 0 Å². The topological polar surface area (TPSA) is 38.7 Å². The first-order chi connectivity index (χ1) is 9.12. The molecule has 2 heterocycles. The van der Waals surface area contributed by atoms with Crippen molar-refractivity contribution < 1.29 is 0 Å². The fraction of sp³-hybridized carbons (Fsp3) is 0.400. The lowest BCUT2D eigenvalue weighted by molar-refractivity contribution is 0.310. The van der Waals surface area contributed by atoms with E-state index in [4.69, 9.17) is 4.98 Å². The Morgan fingerprint density at radius 2 is 2.16 bits per heavy atom. The van der Waals surface area contributed by atoms with Crippen LogP contribution in [0.15, 0.2) is 17.6 Å². The van der Waals surface area contributed by atoms with Crippen molar-refractivity contribution in [2.24, 2.45) is 5.41 Å². The molecule has 0 N–H and O–H groups in total. The van der Waals surface area contributed by atoms with Crippen LogP contribution in [0.3, 0.4) is 0 Å². The molecule has 0 atom stereocenters. The van der Waals surface area contributed by atoms with E-state index < -0.39 is 0 Å². The van der Waals surface area contributed by atoms with Gasteiger partial charge in [-0.2, -0.15) is 0 Å². The molecule has 3 nitrogen and oxygen atoms in total.